The Morgan fingerprint density at radius 2 is 1.22 bits per heavy atom. The summed E-state index contributed by atoms with van der Waals surface area (Å²) < 4.78 is 27.8. The highest BCUT2D eigenvalue weighted by atomic mass is 35.5. The van der Waals surface area contributed by atoms with Crippen molar-refractivity contribution in [3.63, 3.8) is 0 Å². The van der Waals surface area contributed by atoms with Crippen LogP contribution in [0.4, 0.5) is 27.4 Å². The Morgan fingerprint density at radius 3 is 1.83 bits per heavy atom. The molecule has 0 radical (unpaired) electrons. The molecule has 8 heterocycles. The molecule has 8 aliphatic rings. The monoisotopic (exact) mass is 1240 g/mol. The normalized spacial score (nSPS) is 21.9. The molecule has 89 heavy (non-hydrogen) atoms. The summed E-state index contributed by atoms with van der Waals surface area (Å²) in [6.45, 7) is 16.5. The number of nitrogens with zero attached hydrogens (tertiary/aromatic N) is 13. The molecule has 2 aliphatic carbocycles. The fraction of sp³-hybridized carbons (Fsp3) is 0.522. The highest BCUT2D eigenvalue weighted by Crippen LogP contribution is 2.49. The van der Waals surface area contributed by atoms with Crippen molar-refractivity contribution in [3.8, 4) is 24.2 Å². The van der Waals surface area contributed by atoms with Crippen LogP contribution < -0.4 is 34.4 Å². The number of fused-ring (bicyclic) bond motifs is 4. The van der Waals surface area contributed by atoms with E-state index >= 15 is 0 Å². The third-order valence-corrected chi connectivity index (χ3v) is 21.2. The van der Waals surface area contributed by atoms with Gasteiger partial charge in [0.25, 0.3) is 5.91 Å². The maximum Gasteiger partial charge on any atom is 0.318 e. The molecule has 464 valence electrons. The minimum Gasteiger partial charge on any atom is -0.463 e. The zero-order chi connectivity index (χ0) is 60.8. The molecular formula is C69H79Cl2FN14O3. The van der Waals surface area contributed by atoms with E-state index in [2.05, 4.69) is 95.9 Å². The second-order valence-corrected chi connectivity index (χ2v) is 27.5. The van der Waals surface area contributed by atoms with E-state index in [1.54, 1.807) is 0 Å². The Bertz CT molecular complexity index is 3750. The van der Waals surface area contributed by atoms with E-state index in [1.807, 2.05) is 24.3 Å². The van der Waals surface area contributed by atoms with Crippen LogP contribution in [0.2, 0.25) is 10.0 Å². The van der Waals surface area contributed by atoms with Gasteiger partial charge < -0.3 is 49.1 Å². The topological polar surface area (TPSA) is 169 Å². The SMILES string of the molecule is C=C(F)C(=O)N1CCN(c2nc(OCC3(CN4CCCCC4)CC3)nc3c2CCN(c2cc(C4CCN(CC5(COc6nc7c(c(N8CCN[C@@H](CC#N)C8)n6)CCN(c6cccc8cccc(Cl)c68)C7)CC5)CC4)cc4cccc(Cl)c24)C3)C[C@@H]1CC#N. The Morgan fingerprint density at radius 1 is 0.652 bits per heavy atom. The fourth-order valence-electron chi connectivity index (χ4n) is 15.2. The van der Waals surface area contributed by atoms with Crippen LogP contribution in [-0.4, -0.2) is 157 Å². The average Bonchev–Trinajstić information content (AvgIpc) is 1.60. The summed E-state index contributed by atoms with van der Waals surface area (Å²) in [5, 5.41) is 28.8. The van der Waals surface area contributed by atoms with Crippen LogP contribution >= 0.6 is 23.2 Å². The first-order chi connectivity index (χ1) is 43.4. The fourth-order valence-corrected chi connectivity index (χ4v) is 15.8. The zero-order valence-electron chi connectivity index (χ0n) is 50.9. The van der Waals surface area contributed by atoms with Gasteiger partial charge in [-0.1, -0.05) is 78.7 Å². The summed E-state index contributed by atoms with van der Waals surface area (Å²) in [6, 6.07) is 28.3. The second kappa shape index (κ2) is 25.3. The van der Waals surface area contributed by atoms with Crippen LogP contribution in [0.3, 0.4) is 0 Å². The summed E-state index contributed by atoms with van der Waals surface area (Å²) in [4.78, 5) is 49.8. The number of likely N-dealkylation sites (tertiary alicyclic amines) is 2. The van der Waals surface area contributed by atoms with E-state index in [0.29, 0.717) is 88.3 Å². The lowest BCUT2D eigenvalue weighted by Crippen LogP contribution is -2.55. The summed E-state index contributed by atoms with van der Waals surface area (Å²) in [5.74, 6) is 0.259. The molecule has 4 saturated heterocycles. The number of piperazine rings is 2. The molecule has 1 amide bonds. The lowest BCUT2D eigenvalue weighted by Gasteiger charge is -2.42. The molecule has 1 N–H and O–H groups in total. The molecule has 0 spiro atoms. The van der Waals surface area contributed by atoms with Gasteiger partial charge in [-0.3, -0.25) is 4.79 Å². The number of halogens is 3. The number of aromatic nitrogens is 4. The van der Waals surface area contributed by atoms with Gasteiger partial charge in [0, 0.05) is 116 Å². The number of hydrogen-bond acceptors (Lipinski definition) is 16. The van der Waals surface area contributed by atoms with E-state index in [0.717, 1.165) is 176 Å². The van der Waals surface area contributed by atoms with E-state index in [1.165, 1.54) is 29.7 Å². The maximum atomic E-state index is 14.3. The summed E-state index contributed by atoms with van der Waals surface area (Å²) in [7, 11) is 0. The summed E-state index contributed by atoms with van der Waals surface area (Å²) >= 11 is 14.1. The molecule has 6 fully saturated rings. The van der Waals surface area contributed by atoms with Crippen LogP contribution in [-0.2, 0) is 30.7 Å². The summed E-state index contributed by atoms with van der Waals surface area (Å²) in [6.07, 6.45) is 12.2. The predicted molar refractivity (Wildman–Crippen MR) is 347 cm³/mol. The molecule has 2 atom stereocenters. The molecule has 6 aromatic rings. The first-order valence-corrected chi connectivity index (χ1v) is 33.2. The molecular weight excluding hydrogens is 1160 g/mol. The van der Waals surface area contributed by atoms with Gasteiger partial charge >= 0.3 is 12.0 Å². The largest absolute Gasteiger partial charge is 0.463 e. The van der Waals surface area contributed by atoms with E-state index in [4.69, 9.17) is 52.6 Å². The number of hydrogen-bond donors (Lipinski definition) is 1. The number of amides is 1. The number of ether oxygens (including phenoxy) is 2. The van der Waals surface area contributed by atoms with E-state index < -0.39 is 17.8 Å². The van der Waals surface area contributed by atoms with Gasteiger partial charge in [0.05, 0.1) is 78.8 Å². The van der Waals surface area contributed by atoms with Crippen molar-refractivity contribution in [1.82, 2.24) is 40.0 Å². The highest BCUT2D eigenvalue weighted by Gasteiger charge is 2.47. The number of anilines is 4. The second-order valence-electron chi connectivity index (χ2n) is 26.6. The maximum absolute atomic E-state index is 14.3. The van der Waals surface area contributed by atoms with Gasteiger partial charge in [0.1, 0.15) is 11.6 Å². The minimum atomic E-state index is -1.02. The number of carbonyl (C=O) groups excluding carboxylic acids is 1. The van der Waals surface area contributed by atoms with Crippen LogP contribution in [0.5, 0.6) is 12.0 Å². The van der Waals surface area contributed by atoms with Crippen molar-refractivity contribution in [2.75, 3.05) is 124 Å². The van der Waals surface area contributed by atoms with Crippen molar-refractivity contribution in [2.45, 2.75) is 115 Å². The number of rotatable bonds is 18. The highest BCUT2D eigenvalue weighted by molar-refractivity contribution is 6.37. The molecule has 20 heteroatoms. The number of carbonyl (C=O) groups is 1. The Kier molecular flexibility index (Phi) is 16.9. The molecule has 2 saturated carbocycles. The predicted octanol–water partition coefficient (Wildman–Crippen LogP) is 10.8. The lowest BCUT2D eigenvalue weighted by atomic mass is 9.87. The van der Waals surface area contributed by atoms with Crippen molar-refractivity contribution >= 4 is 73.7 Å². The van der Waals surface area contributed by atoms with Gasteiger partial charge in [-0.05, 0) is 137 Å². The number of nitrogens with one attached hydrogen (secondary N) is 1. The number of benzene rings is 4. The summed E-state index contributed by atoms with van der Waals surface area (Å²) in [5.41, 5.74) is 7.68. The average molecular weight is 1240 g/mol. The Balaban J connectivity index is 0.679. The zero-order valence-corrected chi connectivity index (χ0v) is 52.4. The molecule has 17 nitrogen and oxygen atoms in total. The third kappa shape index (κ3) is 12.6. The van der Waals surface area contributed by atoms with Crippen LogP contribution in [0, 0.1) is 33.5 Å². The number of nitriles is 2. The van der Waals surface area contributed by atoms with Gasteiger partial charge in [0.2, 0.25) is 0 Å². The van der Waals surface area contributed by atoms with Crippen molar-refractivity contribution < 1.29 is 18.7 Å². The Labute approximate surface area is 531 Å². The molecule has 0 bridgehead atoms. The van der Waals surface area contributed by atoms with Crippen molar-refractivity contribution in [3.05, 3.63) is 117 Å². The first-order valence-electron chi connectivity index (χ1n) is 32.4. The van der Waals surface area contributed by atoms with Crippen molar-refractivity contribution in [1.29, 1.82) is 10.5 Å². The van der Waals surface area contributed by atoms with Gasteiger partial charge in [-0.25, -0.2) is 4.39 Å². The van der Waals surface area contributed by atoms with Crippen LogP contribution in [0.1, 0.15) is 105 Å². The van der Waals surface area contributed by atoms with Crippen LogP contribution in [0.15, 0.2) is 79.1 Å². The standard InChI is InChI=1S/C69H79Cl2FN14O3/c1-46(72)65(87)86-35-34-85(39-52(86)15-25-74)64-54-19-32-83(41-58(54)77-67(79-64)88-44-68(20-21-68)42-80-27-3-2-4-28-80)60-37-50(36-49-10-6-12-56(71)62(49)60)47-16-29-81(30-17-47)43-69(22-23-69)45-89-66-76-57-40-82(59-13-7-9-48-8-5-11-55(70)61(48)59)31-18-53(57)63(78-66)84-33-26-75-51(38-84)14-24-73/h5-13,36-37,47,51-52,75H,1-4,14-23,26-35,38-45H2/t51-,52-/m0/s1. The quantitative estimate of drug-likeness (QED) is 0.0806. The Hall–Kier alpha value is -7.06. The molecule has 4 aromatic carbocycles. The van der Waals surface area contributed by atoms with Gasteiger partial charge in [0.15, 0.2) is 5.83 Å². The number of piperidine rings is 2. The van der Waals surface area contributed by atoms with Gasteiger partial charge in [-0.15, -0.1) is 0 Å². The van der Waals surface area contributed by atoms with Crippen LogP contribution in [0.25, 0.3) is 21.5 Å². The molecule has 14 rings (SSSR count). The molecule has 0 unspecified atom stereocenters. The van der Waals surface area contributed by atoms with E-state index in [-0.39, 0.29) is 29.8 Å². The molecule has 6 aliphatic heterocycles. The van der Waals surface area contributed by atoms with Crippen molar-refractivity contribution in [2.24, 2.45) is 10.8 Å². The van der Waals surface area contributed by atoms with E-state index in [9.17, 15) is 19.7 Å². The first kappa shape index (κ1) is 59.6. The molecule has 2 aromatic heterocycles. The smallest absolute Gasteiger partial charge is 0.318 e. The van der Waals surface area contributed by atoms with Gasteiger partial charge in [-0.2, -0.15) is 30.5 Å². The lowest BCUT2D eigenvalue weighted by molar-refractivity contribution is -0.131. The minimum absolute atomic E-state index is 0.0275. The third-order valence-electron chi connectivity index (χ3n) is 20.5.